The van der Waals surface area contributed by atoms with Crippen LogP contribution in [0, 0.1) is 11.3 Å². The number of hydrogen-bond acceptors (Lipinski definition) is 5. The van der Waals surface area contributed by atoms with Crippen molar-refractivity contribution >= 4 is 29.3 Å². The van der Waals surface area contributed by atoms with Crippen LogP contribution in [0.5, 0.6) is 0 Å². The van der Waals surface area contributed by atoms with E-state index >= 15 is 0 Å². The molecule has 4 nitrogen and oxygen atoms in total. The van der Waals surface area contributed by atoms with Crippen molar-refractivity contribution in [3.05, 3.63) is 9.94 Å². The fourth-order valence-electron chi connectivity index (χ4n) is 1.29. The Morgan fingerprint density at radius 2 is 2.18 bits per heavy atom. The van der Waals surface area contributed by atoms with Crippen molar-refractivity contribution < 1.29 is 9.53 Å². The van der Waals surface area contributed by atoms with Gasteiger partial charge in [-0.15, -0.1) is 11.8 Å². The van der Waals surface area contributed by atoms with Gasteiger partial charge in [0.05, 0.1) is 11.1 Å². The van der Waals surface area contributed by atoms with Crippen LogP contribution < -0.4 is 5.73 Å². The average Bonchev–Trinajstić information content (AvgIpc) is 2.41. The fraction of sp³-hybridized carbons (Fsp3) is 0.636. The van der Waals surface area contributed by atoms with Crippen molar-refractivity contribution in [2.45, 2.75) is 44.1 Å². The number of rotatable bonds is 1. The summed E-state index contributed by atoms with van der Waals surface area (Å²) in [5.41, 5.74) is 3.95. The summed E-state index contributed by atoms with van der Waals surface area (Å²) >= 11 is 7.19. The maximum atomic E-state index is 11.9. The highest BCUT2D eigenvalue weighted by atomic mass is 35.5. The second kappa shape index (κ2) is 4.52. The quantitative estimate of drug-likeness (QED) is 0.742. The van der Waals surface area contributed by atoms with Crippen LogP contribution in [0.2, 0.25) is 0 Å². The summed E-state index contributed by atoms with van der Waals surface area (Å²) in [5, 5.41) is 8.84. The molecule has 6 heteroatoms. The summed E-state index contributed by atoms with van der Waals surface area (Å²) in [6.45, 7) is 7.06. The molecule has 2 N–H and O–H groups in total. The lowest BCUT2D eigenvalue weighted by Gasteiger charge is -2.19. The number of hydrogen-bond donors (Lipinski definition) is 1. The fourth-order valence-corrected chi connectivity index (χ4v) is 2.89. The first-order valence-corrected chi connectivity index (χ1v) is 6.38. The first-order chi connectivity index (χ1) is 7.62. The maximum absolute atomic E-state index is 11.9. The molecule has 0 radical (unpaired) electrons. The van der Waals surface area contributed by atoms with Crippen molar-refractivity contribution in [2.24, 2.45) is 5.73 Å². The molecule has 1 aliphatic rings. The molecule has 1 rings (SSSR count). The Morgan fingerprint density at radius 3 is 2.53 bits per heavy atom. The van der Waals surface area contributed by atoms with Crippen LogP contribution >= 0.6 is 23.4 Å². The van der Waals surface area contributed by atoms with Crippen molar-refractivity contribution in [3.63, 3.8) is 0 Å². The topological polar surface area (TPSA) is 76.1 Å². The number of nitrogens with zero attached hydrogens (tertiary/aromatic N) is 1. The molecule has 0 aromatic heterocycles. The molecule has 2 unspecified atom stereocenters. The third-order valence-corrected chi connectivity index (χ3v) is 4.21. The number of nitrogens with two attached hydrogens (primary N) is 1. The standard InChI is InChI=1S/C11H15ClN2O2S/c1-6-11(14,5-13)8(12)7(17-6)9(15)16-10(2,3)4/h6H,14H2,1-4H3. The second-order valence-electron chi connectivity index (χ2n) is 4.89. The zero-order chi connectivity index (χ0) is 13.4. The average molecular weight is 275 g/mol. The molecule has 0 saturated carbocycles. The van der Waals surface area contributed by atoms with Gasteiger partial charge in [-0.1, -0.05) is 11.6 Å². The Morgan fingerprint density at radius 1 is 1.65 bits per heavy atom. The lowest BCUT2D eigenvalue weighted by Crippen LogP contribution is -2.44. The minimum absolute atomic E-state index is 0.0757. The van der Waals surface area contributed by atoms with Crippen molar-refractivity contribution in [2.75, 3.05) is 0 Å². The summed E-state index contributed by atoms with van der Waals surface area (Å²) in [6, 6.07) is 1.95. The van der Waals surface area contributed by atoms with Gasteiger partial charge in [-0.3, -0.25) is 0 Å². The normalized spacial score (nSPS) is 29.1. The zero-order valence-corrected chi connectivity index (χ0v) is 11.8. The number of thioether (sulfide) groups is 1. The lowest BCUT2D eigenvalue weighted by atomic mass is 9.98. The Balaban J connectivity index is 3.02. The van der Waals surface area contributed by atoms with Gasteiger partial charge in [-0.05, 0) is 27.7 Å². The molecule has 0 aromatic rings. The van der Waals surface area contributed by atoms with Crippen molar-refractivity contribution in [1.82, 2.24) is 0 Å². The van der Waals surface area contributed by atoms with Crippen LogP contribution in [-0.4, -0.2) is 22.4 Å². The van der Waals surface area contributed by atoms with E-state index in [-0.39, 0.29) is 15.2 Å². The van der Waals surface area contributed by atoms with Gasteiger partial charge < -0.3 is 10.5 Å². The Labute approximate surface area is 110 Å². The Bertz CT molecular complexity index is 422. The molecule has 0 saturated heterocycles. The van der Waals surface area contributed by atoms with Crippen LogP contribution in [0.3, 0.4) is 0 Å². The van der Waals surface area contributed by atoms with Gasteiger partial charge >= 0.3 is 5.97 Å². The predicted molar refractivity (Wildman–Crippen MR) is 68.3 cm³/mol. The second-order valence-corrected chi connectivity index (χ2v) is 6.61. The molecule has 2 atom stereocenters. The first kappa shape index (κ1) is 14.4. The third-order valence-electron chi connectivity index (χ3n) is 2.27. The minimum atomic E-state index is -1.31. The van der Waals surface area contributed by atoms with Crippen LogP contribution in [0.4, 0.5) is 0 Å². The van der Waals surface area contributed by atoms with Gasteiger partial charge in [-0.2, -0.15) is 5.26 Å². The van der Waals surface area contributed by atoms with Gasteiger partial charge in [-0.25, -0.2) is 4.79 Å². The number of ether oxygens (including phenoxy) is 1. The van der Waals surface area contributed by atoms with Crippen LogP contribution in [0.25, 0.3) is 0 Å². The zero-order valence-electron chi connectivity index (χ0n) is 10.2. The molecule has 94 valence electrons. The molecule has 0 amide bonds. The monoisotopic (exact) mass is 274 g/mol. The number of esters is 1. The first-order valence-electron chi connectivity index (χ1n) is 5.12. The molecule has 1 aliphatic heterocycles. The number of nitriles is 1. The summed E-state index contributed by atoms with van der Waals surface area (Å²) in [7, 11) is 0. The SMILES string of the molecule is CC1SC(C(=O)OC(C)(C)C)=C(Cl)C1(N)C#N. The minimum Gasteiger partial charge on any atom is -0.456 e. The van der Waals surface area contributed by atoms with Crippen molar-refractivity contribution in [3.8, 4) is 6.07 Å². The number of halogens is 1. The summed E-state index contributed by atoms with van der Waals surface area (Å²) in [4.78, 5) is 12.1. The molecular formula is C11H15ClN2O2S. The van der Waals surface area contributed by atoms with Crippen LogP contribution in [0.15, 0.2) is 9.94 Å². The lowest BCUT2D eigenvalue weighted by molar-refractivity contribution is -0.148. The summed E-state index contributed by atoms with van der Waals surface area (Å²) in [5.74, 6) is -0.526. The molecule has 0 spiro atoms. The molecule has 17 heavy (non-hydrogen) atoms. The van der Waals surface area contributed by atoms with Gasteiger partial charge in [0, 0.05) is 5.25 Å². The van der Waals surface area contributed by atoms with E-state index in [1.165, 1.54) is 11.8 Å². The summed E-state index contributed by atoms with van der Waals surface area (Å²) in [6.07, 6.45) is 0. The highest BCUT2D eigenvalue weighted by Crippen LogP contribution is 2.45. The summed E-state index contributed by atoms with van der Waals surface area (Å²) < 4.78 is 5.21. The van der Waals surface area contributed by atoms with Crippen LogP contribution in [-0.2, 0) is 9.53 Å². The van der Waals surface area contributed by atoms with E-state index in [9.17, 15) is 4.79 Å². The molecule has 1 heterocycles. The smallest absolute Gasteiger partial charge is 0.346 e. The molecular weight excluding hydrogens is 260 g/mol. The predicted octanol–water partition coefficient (Wildman–Crippen LogP) is 2.13. The van der Waals surface area contributed by atoms with Crippen molar-refractivity contribution in [1.29, 1.82) is 5.26 Å². The Hall–Kier alpha value is -0.700. The van der Waals surface area contributed by atoms with E-state index in [1.807, 2.05) is 6.07 Å². The number of carbonyl (C=O) groups is 1. The highest BCUT2D eigenvalue weighted by Gasteiger charge is 2.47. The van der Waals surface area contributed by atoms with E-state index in [2.05, 4.69) is 0 Å². The van der Waals surface area contributed by atoms with Gasteiger partial charge in [0.25, 0.3) is 0 Å². The Kier molecular flexibility index (Phi) is 3.82. The van der Waals surface area contributed by atoms with E-state index in [0.29, 0.717) is 0 Å². The third kappa shape index (κ3) is 2.76. The molecule has 0 aliphatic carbocycles. The van der Waals surface area contributed by atoms with Gasteiger partial charge in [0.15, 0.2) is 5.54 Å². The van der Waals surface area contributed by atoms with Gasteiger partial charge in [0.2, 0.25) is 0 Å². The van der Waals surface area contributed by atoms with Crippen LogP contribution in [0.1, 0.15) is 27.7 Å². The number of carbonyl (C=O) groups excluding carboxylic acids is 1. The van der Waals surface area contributed by atoms with E-state index < -0.39 is 17.1 Å². The van der Waals surface area contributed by atoms with E-state index in [4.69, 9.17) is 27.3 Å². The van der Waals surface area contributed by atoms with E-state index in [0.717, 1.165) is 0 Å². The molecule has 0 bridgehead atoms. The van der Waals surface area contributed by atoms with Gasteiger partial charge in [0.1, 0.15) is 10.5 Å². The maximum Gasteiger partial charge on any atom is 0.346 e. The van der Waals surface area contributed by atoms with E-state index in [1.54, 1.807) is 27.7 Å². The molecule has 0 fully saturated rings. The highest BCUT2D eigenvalue weighted by molar-refractivity contribution is 8.05. The molecule has 0 aromatic carbocycles. The largest absolute Gasteiger partial charge is 0.456 e.